The predicted octanol–water partition coefficient (Wildman–Crippen LogP) is 0.328. The molecule has 13 heavy (non-hydrogen) atoms. The number of benzene rings is 1. The first-order valence-corrected chi connectivity index (χ1v) is 3.81. The molecule has 0 amide bonds. The molecule has 0 aromatic heterocycles. The van der Waals surface area contributed by atoms with E-state index in [2.05, 4.69) is 0 Å². The molecule has 0 aliphatic heterocycles. The van der Waals surface area contributed by atoms with Gasteiger partial charge in [0.15, 0.2) is 5.78 Å². The fourth-order valence-electron chi connectivity index (χ4n) is 0.911. The highest BCUT2D eigenvalue weighted by molar-refractivity contribution is 5.99. The average Bonchev–Trinajstić information content (AvgIpc) is 2.17. The van der Waals surface area contributed by atoms with Crippen molar-refractivity contribution in [3.8, 4) is 0 Å². The molecular formula is C9H10FNO2. The fraction of sp³-hybridized carbons (Fsp3) is 0.222. The van der Waals surface area contributed by atoms with E-state index in [0.29, 0.717) is 5.56 Å². The van der Waals surface area contributed by atoms with Crippen LogP contribution in [0.2, 0.25) is 0 Å². The van der Waals surface area contributed by atoms with Crippen molar-refractivity contribution in [2.45, 2.75) is 6.04 Å². The Morgan fingerprint density at radius 3 is 2.46 bits per heavy atom. The number of ketones is 1. The number of carbonyl (C=O) groups is 1. The lowest BCUT2D eigenvalue weighted by Crippen LogP contribution is -2.33. The molecule has 0 aliphatic rings. The minimum atomic E-state index is -0.925. The van der Waals surface area contributed by atoms with E-state index in [-0.39, 0.29) is 5.78 Å². The summed E-state index contributed by atoms with van der Waals surface area (Å²) in [6.07, 6.45) is 0. The highest BCUT2D eigenvalue weighted by Crippen LogP contribution is 2.04. The highest BCUT2D eigenvalue weighted by atomic mass is 19.1. The number of rotatable bonds is 3. The Kier molecular flexibility index (Phi) is 3.11. The van der Waals surface area contributed by atoms with Gasteiger partial charge in [0.25, 0.3) is 0 Å². The van der Waals surface area contributed by atoms with Crippen LogP contribution < -0.4 is 5.73 Å². The zero-order valence-electron chi connectivity index (χ0n) is 6.90. The third-order valence-corrected chi connectivity index (χ3v) is 1.66. The van der Waals surface area contributed by atoms with Crippen LogP contribution in [-0.4, -0.2) is 23.5 Å². The van der Waals surface area contributed by atoms with Gasteiger partial charge in [0.1, 0.15) is 5.82 Å². The lowest BCUT2D eigenvalue weighted by atomic mass is 10.1. The maximum atomic E-state index is 12.4. The van der Waals surface area contributed by atoms with Crippen LogP contribution in [0, 0.1) is 5.82 Å². The van der Waals surface area contributed by atoms with Crippen LogP contribution in [0.5, 0.6) is 0 Å². The van der Waals surface area contributed by atoms with Gasteiger partial charge in [-0.25, -0.2) is 4.39 Å². The number of halogens is 1. The summed E-state index contributed by atoms with van der Waals surface area (Å²) in [6, 6.07) is 4.11. The molecule has 1 rings (SSSR count). The lowest BCUT2D eigenvalue weighted by molar-refractivity contribution is 0.0925. The summed E-state index contributed by atoms with van der Waals surface area (Å²) in [4.78, 5) is 11.3. The molecule has 0 spiro atoms. The SMILES string of the molecule is NC(CO)C(=O)c1ccc(F)cc1. The molecule has 0 fully saturated rings. The summed E-state index contributed by atoms with van der Waals surface area (Å²) >= 11 is 0. The van der Waals surface area contributed by atoms with E-state index in [0.717, 1.165) is 0 Å². The van der Waals surface area contributed by atoms with Crippen molar-refractivity contribution in [1.29, 1.82) is 0 Å². The van der Waals surface area contributed by atoms with Gasteiger partial charge in [0.2, 0.25) is 0 Å². The molecule has 1 atom stereocenters. The fourth-order valence-corrected chi connectivity index (χ4v) is 0.911. The van der Waals surface area contributed by atoms with Crippen LogP contribution in [0.1, 0.15) is 10.4 Å². The predicted molar refractivity (Wildman–Crippen MR) is 45.8 cm³/mol. The molecule has 3 nitrogen and oxygen atoms in total. The third-order valence-electron chi connectivity index (χ3n) is 1.66. The highest BCUT2D eigenvalue weighted by Gasteiger charge is 2.13. The molecule has 1 aromatic rings. The zero-order valence-corrected chi connectivity index (χ0v) is 6.90. The van der Waals surface area contributed by atoms with Gasteiger partial charge < -0.3 is 10.8 Å². The van der Waals surface area contributed by atoms with Crippen LogP contribution in [-0.2, 0) is 0 Å². The van der Waals surface area contributed by atoms with E-state index in [1.165, 1.54) is 24.3 Å². The summed E-state index contributed by atoms with van der Waals surface area (Å²) < 4.78 is 12.4. The molecule has 0 heterocycles. The van der Waals surface area contributed by atoms with E-state index >= 15 is 0 Å². The minimum Gasteiger partial charge on any atom is -0.394 e. The molecule has 70 valence electrons. The maximum Gasteiger partial charge on any atom is 0.181 e. The Bertz CT molecular complexity index is 297. The van der Waals surface area contributed by atoms with Gasteiger partial charge >= 0.3 is 0 Å². The Morgan fingerprint density at radius 1 is 1.46 bits per heavy atom. The van der Waals surface area contributed by atoms with Gasteiger partial charge in [-0.15, -0.1) is 0 Å². The molecule has 1 aromatic carbocycles. The molecule has 3 N–H and O–H groups in total. The largest absolute Gasteiger partial charge is 0.394 e. The molecule has 0 aliphatic carbocycles. The topological polar surface area (TPSA) is 63.3 Å². The van der Waals surface area contributed by atoms with Gasteiger partial charge in [-0.05, 0) is 24.3 Å². The standard InChI is InChI=1S/C9H10FNO2/c10-7-3-1-6(2-4-7)9(13)8(11)5-12/h1-4,8,12H,5,11H2. The van der Waals surface area contributed by atoms with Crippen LogP contribution >= 0.6 is 0 Å². The van der Waals surface area contributed by atoms with Gasteiger partial charge in [0.05, 0.1) is 12.6 Å². The number of hydrogen-bond acceptors (Lipinski definition) is 3. The van der Waals surface area contributed by atoms with E-state index in [4.69, 9.17) is 10.8 Å². The molecule has 1 unspecified atom stereocenters. The first kappa shape index (κ1) is 9.83. The summed E-state index contributed by atoms with van der Waals surface area (Å²) in [6.45, 7) is -0.407. The Labute approximate surface area is 75.0 Å². The lowest BCUT2D eigenvalue weighted by Gasteiger charge is -2.05. The van der Waals surface area contributed by atoms with Crippen LogP contribution in [0.3, 0.4) is 0 Å². The van der Waals surface area contributed by atoms with E-state index in [1.54, 1.807) is 0 Å². The second-order valence-electron chi connectivity index (χ2n) is 2.66. The van der Waals surface area contributed by atoms with E-state index < -0.39 is 18.5 Å². The number of aliphatic hydroxyl groups is 1. The minimum absolute atomic E-state index is 0.308. The third kappa shape index (κ3) is 2.34. The van der Waals surface area contributed by atoms with Crippen molar-refractivity contribution in [3.63, 3.8) is 0 Å². The zero-order chi connectivity index (χ0) is 9.84. The van der Waals surface area contributed by atoms with Crippen molar-refractivity contribution in [3.05, 3.63) is 35.6 Å². The van der Waals surface area contributed by atoms with Crippen molar-refractivity contribution in [2.75, 3.05) is 6.61 Å². The van der Waals surface area contributed by atoms with Crippen LogP contribution in [0.25, 0.3) is 0 Å². The Hall–Kier alpha value is -1.26. The summed E-state index contributed by atoms with van der Waals surface area (Å²) in [5, 5.41) is 8.60. The van der Waals surface area contributed by atoms with Gasteiger partial charge in [-0.2, -0.15) is 0 Å². The van der Waals surface area contributed by atoms with Crippen molar-refractivity contribution >= 4 is 5.78 Å². The Balaban J connectivity index is 2.83. The van der Waals surface area contributed by atoms with Crippen LogP contribution in [0.4, 0.5) is 4.39 Å². The van der Waals surface area contributed by atoms with E-state index in [9.17, 15) is 9.18 Å². The second kappa shape index (κ2) is 4.11. The van der Waals surface area contributed by atoms with Gasteiger partial charge in [-0.1, -0.05) is 0 Å². The quantitative estimate of drug-likeness (QED) is 0.664. The molecule has 4 heteroatoms. The first-order valence-electron chi connectivity index (χ1n) is 3.81. The summed E-state index contributed by atoms with van der Waals surface area (Å²) in [7, 11) is 0. The molecule has 0 saturated carbocycles. The molecular weight excluding hydrogens is 173 g/mol. The summed E-state index contributed by atoms with van der Waals surface area (Å²) in [5.74, 6) is -0.795. The smallest absolute Gasteiger partial charge is 0.181 e. The number of hydrogen-bond donors (Lipinski definition) is 2. The summed E-state index contributed by atoms with van der Waals surface area (Å²) in [5.41, 5.74) is 5.60. The number of nitrogens with two attached hydrogens (primary N) is 1. The molecule has 0 radical (unpaired) electrons. The van der Waals surface area contributed by atoms with Crippen molar-refractivity contribution in [2.24, 2.45) is 5.73 Å². The van der Waals surface area contributed by atoms with Gasteiger partial charge in [-0.3, -0.25) is 4.79 Å². The number of carbonyl (C=O) groups excluding carboxylic acids is 1. The van der Waals surface area contributed by atoms with Crippen molar-refractivity contribution in [1.82, 2.24) is 0 Å². The monoisotopic (exact) mass is 183 g/mol. The molecule has 0 bridgehead atoms. The van der Waals surface area contributed by atoms with E-state index in [1.807, 2.05) is 0 Å². The normalized spacial score (nSPS) is 12.5. The van der Waals surface area contributed by atoms with Crippen molar-refractivity contribution < 1.29 is 14.3 Å². The molecule has 0 saturated heterocycles. The Morgan fingerprint density at radius 2 is 2.00 bits per heavy atom. The number of aliphatic hydroxyl groups excluding tert-OH is 1. The average molecular weight is 183 g/mol. The van der Waals surface area contributed by atoms with Gasteiger partial charge in [0, 0.05) is 5.56 Å². The second-order valence-corrected chi connectivity index (χ2v) is 2.66. The maximum absolute atomic E-state index is 12.4. The first-order chi connectivity index (χ1) is 6.15. The number of Topliss-reactive ketones (excluding diaryl/α,β-unsaturated/α-hetero) is 1. The van der Waals surface area contributed by atoms with Crippen LogP contribution in [0.15, 0.2) is 24.3 Å².